The van der Waals surface area contributed by atoms with Crippen LogP contribution >= 0.6 is 0 Å². The van der Waals surface area contributed by atoms with E-state index in [9.17, 15) is 0 Å². The van der Waals surface area contributed by atoms with E-state index in [-0.39, 0.29) is 0 Å². The molecule has 0 amide bonds. The molecule has 0 spiro atoms. The highest BCUT2D eigenvalue weighted by molar-refractivity contribution is 5.68. The van der Waals surface area contributed by atoms with E-state index in [4.69, 9.17) is 0 Å². The molecule has 1 rings (SSSR count). The fourth-order valence-electron chi connectivity index (χ4n) is 1.38. The molecule has 0 saturated carbocycles. The highest BCUT2D eigenvalue weighted by Crippen LogP contribution is 2.20. The first-order valence-corrected chi connectivity index (χ1v) is 5.45. The van der Waals surface area contributed by atoms with Crippen LogP contribution in [0.25, 0.3) is 0 Å². The van der Waals surface area contributed by atoms with Crippen molar-refractivity contribution in [2.24, 2.45) is 0 Å². The topological polar surface area (TPSA) is 24.1 Å². The lowest BCUT2D eigenvalue weighted by Crippen LogP contribution is -2.05. The maximum Gasteiger partial charge on any atom is 0.0575 e. The van der Waals surface area contributed by atoms with Crippen molar-refractivity contribution in [3.8, 4) is 0 Å². The van der Waals surface area contributed by atoms with Crippen LogP contribution in [-0.4, -0.2) is 13.1 Å². The zero-order valence-corrected chi connectivity index (χ0v) is 9.14. The third-order valence-electron chi connectivity index (χ3n) is 2.14. The van der Waals surface area contributed by atoms with Gasteiger partial charge in [-0.25, -0.2) is 0 Å². The van der Waals surface area contributed by atoms with E-state index in [1.807, 2.05) is 0 Å². The van der Waals surface area contributed by atoms with Gasteiger partial charge in [-0.15, -0.1) is 0 Å². The fourth-order valence-corrected chi connectivity index (χ4v) is 1.38. The van der Waals surface area contributed by atoms with Gasteiger partial charge in [0, 0.05) is 13.1 Å². The van der Waals surface area contributed by atoms with E-state index in [1.165, 1.54) is 24.2 Å². The highest BCUT2D eigenvalue weighted by Gasteiger charge is 1.97. The number of benzene rings is 1. The summed E-state index contributed by atoms with van der Waals surface area (Å²) in [5.74, 6) is 0. The maximum absolute atomic E-state index is 3.44. The number of rotatable bonds is 6. The van der Waals surface area contributed by atoms with Gasteiger partial charge in [0.15, 0.2) is 0 Å². The van der Waals surface area contributed by atoms with Crippen LogP contribution in [0.5, 0.6) is 0 Å². The van der Waals surface area contributed by atoms with Crippen molar-refractivity contribution in [3.63, 3.8) is 0 Å². The van der Waals surface area contributed by atoms with Crippen LogP contribution in [0.2, 0.25) is 0 Å². The summed E-state index contributed by atoms with van der Waals surface area (Å²) in [6, 6.07) is 8.35. The van der Waals surface area contributed by atoms with Crippen molar-refractivity contribution in [1.29, 1.82) is 0 Å². The Bertz CT molecular complexity index is 258. The van der Waals surface area contributed by atoms with E-state index < -0.39 is 0 Å². The molecular formula is C12H20N2. The summed E-state index contributed by atoms with van der Waals surface area (Å²) >= 11 is 0. The lowest BCUT2D eigenvalue weighted by molar-refractivity contribution is 0.834. The first-order chi connectivity index (χ1) is 6.88. The summed E-state index contributed by atoms with van der Waals surface area (Å²) in [7, 11) is 0. The van der Waals surface area contributed by atoms with Gasteiger partial charge in [0.25, 0.3) is 0 Å². The Morgan fingerprint density at radius 3 is 2.21 bits per heavy atom. The molecule has 0 heterocycles. The predicted octanol–water partition coefficient (Wildman–Crippen LogP) is 3.33. The van der Waals surface area contributed by atoms with Crippen LogP contribution in [0.1, 0.15) is 26.7 Å². The molecule has 0 saturated heterocycles. The van der Waals surface area contributed by atoms with Crippen LogP contribution in [0.4, 0.5) is 11.4 Å². The number of nitrogens with one attached hydrogen (secondary N) is 2. The minimum atomic E-state index is 0.965. The maximum atomic E-state index is 3.44. The molecule has 2 nitrogen and oxygen atoms in total. The molecule has 1 aromatic rings. The second kappa shape index (κ2) is 6.30. The molecule has 0 radical (unpaired) electrons. The van der Waals surface area contributed by atoms with Gasteiger partial charge >= 0.3 is 0 Å². The monoisotopic (exact) mass is 192 g/mol. The van der Waals surface area contributed by atoms with Gasteiger partial charge in [0.2, 0.25) is 0 Å². The number of unbranched alkanes of at least 4 members (excludes halogenated alkanes) is 1. The Balaban J connectivity index is 2.55. The number of hydrogen-bond acceptors (Lipinski definition) is 2. The molecule has 2 N–H and O–H groups in total. The molecule has 0 bridgehead atoms. The van der Waals surface area contributed by atoms with Crippen molar-refractivity contribution in [1.82, 2.24) is 0 Å². The Labute approximate surface area is 86.7 Å². The van der Waals surface area contributed by atoms with Gasteiger partial charge in [-0.05, 0) is 25.5 Å². The zero-order valence-electron chi connectivity index (χ0n) is 9.14. The molecule has 0 aliphatic carbocycles. The second-order valence-corrected chi connectivity index (χ2v) is 3.36. The lowest BCUT2D eigenvalue weighted by atomic mass is 10.2. The lowest BCUT2D eigenvalue weighted by Gasteiger charge is -2.12. The second-order valence-electron chi connectivity index (χ2n) is 3.36. The number of hydrogen-bond donors (Lipinski definition) is 2. The van der Waals surface area contributed by atoms with Crippen LogP contribution in [-0.2, 0) is 0 Å². The summed E-state index contributed by atoms with van der Waals surface area (Å²) in [4.78, 5) is 0. The summed E-state index contributed by atoms with van der Waals surface area (Å²) in [5, 5.41) is 6.78. The van der Waals surface area contributed by atoms with Gasteiger partial charge in [0.1, 0.15) is 0 Å². The minimum absolute atomic E-state index is 0.965. The summed E-state index contributed by atoms with van der Waals surface area (Å²) < 4.78 is 0. The first-order valence-electron chi connectivity index (χ1n) is 5.45. The van der Waals surface area contributed by atoms with E-state index in [0.717, 1.165) is 13.1 Å². The summed E-state index contributed by atoms with van der Waals surface area (Å²) in [6.07, 6.45) is 2.46. The van der Waals surface area contributed by atoms with E-state index in [1.54, 1.807) is 0 Å². The summed E-state index contributed by atoms with van der Waals surface area (Å²) in [5.41, 5.74) is 2.41. The van der Waals surface area contributed by atoms with Crippen molar-refractivity contribution in [3.05, 3.63) is 24.3 Å². The predicted molar refractivity (Wildman–Crippen MR) is 64.0 cm³/mol. The van der Waals surface area contributed by atoms with E-state index >= 15 is 0 Å². The van der Waals surface area contributed by atoms with Gasteiger partial charge in [-0.1, -0.05) is 25.5 Å². The molecule has 0 aromatic heterocycles. The van der Waals surface area contributed by atoms with Gasteiger partial charge < -0.3 is 10.6 Å². The third kappa shape index (κ3) is 3.29. The molecule has 0 unspecified atom stereocenters. The minimum Gasteiger partial charge on any atom is -0.384 e. The van der Waals surface area contributed by atoms with Crippen molar-refractivity contribution in [2.75, 3.05) is 23.7 Å². The Hall–Kier alpha value is -1.18. The molecule has 1 aromatic carbocycles. The Morgan fingerprint density at radius 1 is 1.00 bits per heavy atom. The quantitative estimate of drug-likeness (QED) is 0.675. The van der Waals surface area contributed by atoms with Crippen LogP contribution in [0.3, 0.4) is 0 Å². The smallest absolute Gasteiger partial charge is 0.0575 e. The van der Waals surface area contributed by atoms with Crippen LogP contribution in [0, 0.1) is 0 Å². The van der Waals surface area contributed by atoms with Gasteiger partial charge in [-0.3, -0.25) is 0 Å². The molecule has 14 heavy (non-hydrogen) atoms. The largest absolute Gasteiger partial charge is 0.384 e. The standard InChI is InChI=1S/C12H20N2/c1-3-5-10-14-12-9-7-6-8-11(12)13-4-2/h6-9,13-14H,3-5,10H2,1-2H3. The van der Waals surface area contributed by atoms with E-state index in [2.05, 4.69) is 48.7 Å². The number of anilines is 2. The van der Waals surface area contributed by atoms with Gasteiger partial charge in [-0.2, -0.15) is 0 Å². The first kappa shape index (κ1) is 10.9. The SMILES string of the molecule is CCCCNc1ccccc1NCC. The summed E-state index contributed by atoms with van der Waals surface area (Å²) in [6.45, 7) is 6.34. The number of para-hydroxylation sites is 2. The van der Waals surface area contributed by atoms with Crippen molar-refractivity contribution >= 4 is 11.4 Å². The van der Waals surface area contributed by atoms with Crippen LogP contribution < -0.4 is 10.6 Å². The molecule has 0 aliphatic rings. The average molecular weight is 192 g/mol. The Morgan fingerprint density at radius 2 is 1.64 bits per heavy atom. The third-order valence-corrected chi connectivity index (χ3v) is 2.14. The van der Waals surface area contributed by atoms with E-state index in [0.29, 0.717) is 0 Å². The van der Waals surface area contributed by atoms with Crippen molar-refractivity contribution < 1.29 is 0 Å². The molecule has 0 aliphatic heterocycles. The molecule has 78 valence electrons. The highest BCUT2D eigenvalue weighted by atomic mass is 14.9. The molecular weight excluding hydrogens is 172 g/mol. The molecule has 0 fully saturated rings. The van der Waals surface area contributed by atoms with Crippen LogP contribution in [0.15, 0.2) is 24.3 Å². The fraction of sp³-hybridized carbons (Fsp3) is 0.500. The average Bonchev–Trinajstić information content (AvgIpc) is 2.21. The molecule has 2 heteroatoms. The molecule has 0 atom stereocenters. The zero-order chi connectivity index (χ0) is 10.2. The Kier molecular flexibility index (Phi) is 4.90. The normalized spacial score (nSPS) is 9.86. The van der Waals surface area contributed by atoms with Crippen molar-refractivity contribution in [2.45, 2.75) is 26.7 Å². The van der Waals surface area contributed by atoms with Gasteiger partial charge in [0.05, 0.1) is 11.4 Å².